The molecule has 52 heavy (non-hydrogen) atoms. The number of carboxylic acid groups (broad SMARTS) is 4. The number of hydrogen-bond donors (Lipinski definition) is 7. The van der Waals surface area contributed by atoms with E-state index in [1.807, 2.05) is 0 Å². The Morgan fingerprint density at radius 3 is 1.83 bits per heavy atom. The smallest absolute Gasteiger partial charge is 0.337 e. The van der Waals surface area contributed by atoms with Gasteiger partial charge in [-0.15, -0.1) is 0 Å². The van der Waals surface area contributed by atoms with Gasteiger partial charge in [0, 0.05) is 35.8 Å². The number of anilines is 3. The fraction of sp³-hybridized carbons (Fsp3) is 0.139. The molecule has 0 aliphatic carbocycles. The van der Waals surface area contributed by atoms with Crippen molar-refractivity contribution in [3.8, 4) is 11.5 Å². The average molecular weight is 716 g/mol. The van der Waals surface area contributed by atoms with Gasteiger partial charge in [-0.25, -0.2) is 14.4 Å². The molecule has 0 radical (unpaired) electrons. The molecule has 4 aromatic rings. The number of benzene rings is 4. The largest absolute Gasteiger partial charge is 0.497 e. The zero-order valence-electron chi connectivity index (χ0n) is 27.5. The number of carbonyl (C=O) groups excluding carboxylic acids is 3. The standard InChI is InChI=1S/C19H18N2O6.C17H15NO7/c22-16(9-4-10-17(23)24)20-13-6-3-5-12(11-13)18(25)21-15-8-2-1-7-14(15)19(26)27;1-24-13-3-2-4-14(8-13)25-9-15(19)18-12-6-10(16(20)21)5-11(7-12)17(22)23/h1-3,5-8,11H,4,9-10H2,(H,20,22)(H,21,25)(H,23,24)(H,26,27);2-8H,9H2,1H3,(H,18,19)(H,20,21)(H,22,23). The van der Waals surface area contributed by atoms with E-state index in [-0.39, 0.29) is 65.4 Å². The highest BCUT2D eigenvalue weighted by Crippen LogP contribution is 2.20. The molecule has 0 saturated heterocycles. The molecule has 0 aromatic heterocycles. The minimum absolute atomic E-state index is 0.0336. The highest BCUT2D eigenvalue weighted by molar-refractivity contribution is 6.08. The third kappa shape index (κ3) is 12.7. The van der Waals surface area contributed by atoms with Crippen LogP contribution in [0.1, 0.15) is 60.7 Å². The Morgan fingerprint density at radius 2 is 1.19 bits per heavy atom. The summed E-state index contributed by atoms with van der Waals surface area (Å²) >= 11 is 0. The van der Waals surface area contributed by atoms with Crippen molar-refractivity contribution in [2.24, 2.45) is 0 Å². The molecule has 0 aliphatic rings. The first-order valence-electron chi connectivity index (χ1n) is 15.2. The van der Waals surface area contributed by atoms with Crippen molar-refractivity contribution < 1.29 is 63.5 Å². The first kappa shape index (κ1) is 39.2. The van der Waals surface area contributed by atoms with Gasteiger partial charge in [0.1, 0.15) is 11.5 Å². The van der Waals surface area contributed by atoms with Crippen molar-refractivity contribution in [1.29, 1.82) is 0 Å². The van der Waals surface area contributed by atoms with E-state index in [0.717, 1.165) is 18.2 Å². The predicted octanol–water partition coefficient (Wildman–Crippen LogP) is 4.94. The molecule has 0 heterocycles. The van der Waals surface area contributed by atoms with Gasteiger partial charge in [-0.1, -0.05) is 24.3 Å². The number of carbonyl (C=O) groups is 7. The SMILES string of the molecule is COc1cccc(OCC(=O)Nc2cc(C(=O)O)cc(C(=O)O)c2)c1.O=C(O)CCCC(=O)Nc1cccc(C(=O)Nc2ccccc2C(=O)O)c1. The second-order valence-corrected chi connectivity index (χ2v) is 10.6. The Balaban J connectivity index is 0.000000281. The first-order chi connectivity index (χ1) is 24.7. The van der Waals surface area contributed by atoms with E-state index < -0.39 is 35.7 Å². The Kier molecular flexibility index (Phi) is 14.4. The van der Waals surface area contributed by atoms with Gasteiger partial charge in [-0.2, -0.15) is 0 Å². The number of para-hydroxylation sites is 1. The highest BCUT2D eigenvalue weighted by Gasteiger charge is 2.15. The summed E-state index contributed by atoms with van der Waals surface area (Å²) in [6, 6.07) is 22.2. The lowest BCUT2D eigenvalue weighted by Gasteiger charge is -2.10. The van der Waals surface area contributed by atoms with Crippen molar-refractivity contribution in [1.82, 2.24) is 0 Å². The number of nitrogens with one attached hydrogen (secondary N) is 3. The Bertz CT molecular complexity index is 1940. The Morgan fingerprint density at radius 1 is 0.577 bits per heavy atom. The molecule has 0 unspecified atom stereocenters. The van der Waals surface area contributed by atoms with Crippen LogP contribution in [0.25, 0.3) is 0 Å². The van der Waals surface area contributed by atoms with Crippen LogP contribution < -0.4 is 25.4 Å². The fourth-order valence-electron chi connectivity index (χ4n) is 4.32. The van der Waals surface area contributed by atoms with Crippen molar-refractivity contribution in [3.05, 3.63) is 113 Å². The van der Waals surface area contributed by atoms with Crippen LogP contribution in [0.3, 0.4) is 0 Å². The van der Waals surface area contributed by atoms with Crippen LogP contribution in [-0.4, -0.2) is 75.7 Å². The van der Waals surface area contributed by atoms with Crippen molar-refractivity contribution >= 4 is 58.7 Å². The summed E-state index contributed by atoms with van der Waals surface area (Å²) in [4.78, 5) is 79.9. The number of ether oxygens (including phenoxy) is 2. The number of amides is 3. The van der Waals surface area contributed by atoms with Crippen molar-refractivity contribution in [2.45, 2.75) is 19.3 Å². The number of aromatic carboxylic acids is 3. The molecule has 4 aromatic carbocycles. The molecule has 16 heteroatoms. The average Bonchev–Trinajstić information content (AvgIpc) is 3.11. The number of carboxylic acids is 4. The lowest BCUT2D eigenvalue weighted by Crippen LogP contribution is -2.20. The van der Waals surface area contributed by atoms with Crippen LogP contribution in [-0.2, 0) is 14.4 Å². The second kappa shape index (κ2) is 19.1. The van der Waals surface area contributed by atoms with E-state index in [9.17, 15) is 33.6 Å². The molecular formula is C36H33N3O13. The summed E-state index contributed by atoms with van der Waals surface area (Å²) in [6.07, 6.45) is 0.168. The maximum Gasteiger partial charge on any atom is 0.337 e. The molecule has 0 saturated carbocycles. The zero-order valence-corrected chi connectivity index (χ0v) is 27.5. The van der Waals surface area contributed by atoms with Gasteiger partial charge >= 0.3 is 23.9 Å². The lowest BCUT2D eigenvalue weighted by atomic mass is 10.1. The monoisotopic (exact) mass is 715 g/mol. The predicted molar refractivity (Wildman–Crippen MR) is 185 cm³/mol. The van der Waals surface area contributed by atoms with E-state index in [0.29, 0.717) is 17.2 Å². The fourth-order valence-corrected chi connectivity index (χ4v) is 4.32. The Labute approximate surface area is 295 Å². The van der Waals surface area contributed by atoms with Crippen LogP contribution in [0.4, 0.5) is 17.1 Å². The third-order valence-corrected chi connectivity index (χ3v) is 6.73. The third-order valence-electron chi connectivity index (χ3n) is 6.73. The van der Waals surface area contributed by atoms with Gasteiger partial charge in [0.25, 0.3) is 11.8 Å². The maximum atomic E-state index is 12.4. The summed E-state index contributed by atoms with van der Waals surface area (Å²) in [5, 5.41) is 43.3. The van der Waals surface area contributed by atoms with Gasteiger partial charge in [-0.3, -0.25) is 19.2 Å². The lowest BCUT2D eigenvalue weighted by molar-refractivity contribution is -0.137. The van der Waals surface area contributed by atoms with Gasteiger partial charge in [-0.05, 0) is 67.1 Å². The molecule has 0 aliphatic heterocycles. The second-order valence-electron chi connectivity index (χ2n) is 10.6. The van der Waals surface area contributed by atoms with E-state index in [1.165, 1.54) is 31.4 Å². The van der Waals surface area contributed by atoms with Crippen molar-refractivity contribution in [2.75, 3.05) is 29.7 Å². The summed E-state index contributed by atoms with van der Waals surface area (Å²) in [6.45, 7) is -0.340. The summed E-state index contributed by atoms with van der Waals surface area (Å²) in [5.41, 5.74) is 0.309. The Hall–Kier alpha value is -7.23. The molecule has 0 bridgehead atoms. The summed E-state index contributed by atoms with van der Waals surface area (Å²) in [5.74, 6) is -5.19. The van der Waals surface area contributed by atoms with Gasteiger partial charge in [0.05, 0.1) is 29.5 Å². The summed E-state index contributed by atoms with van der Waals surface area (Å²) in [7, 11) is 1.50. The number of aliphatic carboxylic acids is 1. The van der Waals surface area contributed by atoms with Crippen LogP contribution in [0.5, 0.6) is 11.5 Å². The van der Waals surface area contributed by atoms with Crippen LogP contribution >= 0.6 is 0 Å². The molecular weight excluding hydrogens is 682 g/mol. The number of rotatable bonds is 15. The molecule has 16 nitrogen and oxygen atoms in total. The van der Waals surface area contributed by atoms with Crippen LogP contribution in [0.15, 0.2) is 91.0 Å². The first-order valence-corrected chi connectivity index (χ1v) is 15.2. The van der Waals surface area contributed by atoms with Gasteiger partial charge < -0.3 is 45.9 Å². The molecule has 7 N–H and O–H groups in total. The number of methoxy groups -OCH3 is 1. The number of hydrogen-bond acceptors (Lipinski definition) is 9. The quantitative estimate of drug-likeness (QED) is 0.0862. The molecule has 3 amide bonds. The van der Waals surface area contributed by atoms with Crippen molar-refractivity contribution in [3.63, 3.8) is 0 Å². The van der Waals surface area contributed by atoms with Gasteiger partial charge in [0.15, 0.2) is 6.61 Å². The van der Waals surface area contributed by atoms with Crippen LogP contribution in [0.2, 0.25) is 0 Å². The molecule has 0 atom stereocenters. The topological polar surface area (TPSA) is 255 Å². The maximum absolute atomic E-state index is 12.4. The summed E-state index contributed by atoms with van der Waals surface area (Å²) < 4.78 is 10.3. The van der Waals surface area contributed by atoms with E-state index >= 15 is 0 Å². The van der Waals surface area contributed by atoms with E-state index in [2.05, 4.69) is 16.0 Å². The van der Waals surface area contributed by atoms with E-state index in [1.54, 1.807) is 48.5 Å². The zero-order chi connectivity index (χ0) is 38.2. The molecule has 4 rings (SSSR count). The van der Waals surface area contributed by atoms with Gasteiger partial charge in [0.2, 0.25) is 5.91 Å². The molecule has 270 valence electrons. The molecule has 0 fully saturated rings. The minimum Gasteiger partial charge on any atom is -0.497 e. The van der Waals surface area contributed by atoms with E-state index in [4.69, 9.17) is 29.9 Å². The highest BCUT2D eigenvalue weighted by atomic mass is 16.5. The normalized spacial score (nSPS) is 10.0. The van der Waals surface area contributed by atoms with Crippen LogP contribution in [0, 0.1) is 0 Å². The molecule has 0 spiro atoms. The minimum atomic E-state index is -1.30.